The van der Waals surface area contributed by atoms with Gasteiger partial charge in [0.1, 0.15) is 0 Å². The lowest BCUT2D eigenvalue weighted by atomic mass is 10.2. The van der Waals surface area contributed by atoms with Gasteiger partial charge >= 0.3 is 0 Å². The molecule has 1 aromatic carbocycles. The van der Waals surface area contributed by atoms with Gasteiger partial charge in [-0.2, -0.15) is 0 Å². The molecular weight excluding hydrogens is 276 g/mol. The molecular formula is C11H13ClN2O3S. The van der Waals surface area contributed by atoms with Gasteiger partial charge in [-0.3, -0.25) is 9.52 Å². The number of benzene rings is 1. The van der Waals surface area contributed by atoms with Crippen molar-refractivity contribution in [2.75, 3.05) is 17.5 Å². The van der Waals surface area contributed by atoms with Crippen molar-refractivity contribution in [2.45, 2.75) is 0 Å². The van der Waals surface area contributed by atoms with Crippen LogP contribution in [0.4, 0.5) is 5.69 Å². The molecule has 0 fully saturated rings. The Morgan fingerprint density at radius 1 is 1.50 bits per heavy atom. The van der Waals surface area contributed by atoms with Crippen molar-refractivity contribution in [2.24, 2.45) is 0 Å². The van der Waals surface area contributed by atoms with Crippen LogP contribution in [0.1, 0.15) is 10.4 Å². The van der Waals surface area contributed by atoms with Crippen molar-refractivity contribution in [3.63, 3.8) is 0 Å². The zero-order valence-corrected chi connectivity index (χ0v) is 11.3. The molecule has 0 aromatic heterocycles. The Bertz CT molecular complexity index is 570. The molecule has 0 heterocycles. The molecule has 0 atom stereocenters. The fourth-order valence-electron chi connectivity index (χ4n) is 1.24. The minimum absolute atomic E-state index is 0.171. The summed E-state index contributed by atoms with van der Waals surface area (Å²) in [5, 5.41) is 2.75. The quantitative estimate of drug-likeness (QED) is 0.809. The SMILES string of the molecule is C=CCNC(=O)c1ccc(NS(C)(=O)=O)cc1Cl. The Morgan fingerprint density at radius 2 is 2.17 bits per heavy atom. The van der Waals surface area contributed by atoms with Crippen molar-refractivity contribution in [1.29, 1.82) is 0 Å². The van der Waals surface area contributed by atoms with Gasteiger partial charge in [-0.15, -0.1) is 6.58 Å². The minimum atomic E-state index is -3.36. The predicted molar refractivity (Wildman–Crippen MR) is 72.4 cm³/mol. The van der Waals surface area contributed by atoms with Crippen LogP contribution in [0.3, 0.4) is 0 Å². The molecule has 1 amide bonds. The second kappa shape index (κ2) is 5.88. The summed E-state index contributed by atoms with van der Waals surface area (Å²) in [7, 11) is -3.36. The maximum Gasteiger partial charge on any atom is 0.253 e. The number of hydrogen-bond donors (Lipinski definition) is 2. The second-order valence-corrected chi connectivity index (χ2v) is 5.72. The van der Waals surface area contributed by atoms with Gasteiger partial charge in [0.05, 0.1) is 16.8 Å². The molecule has 0 radical (unpaired) electrons. The number of sulfonamides is 1. The summed E-state index contributed by atoms with van der Waals surface area (Å²) in [4.78, 5) is 11.6. The fraction of sp³-hybridized carbons (Fsp3) is 0.182. The van der Waals surface area contributed by atoms with Gasteiger partial charge in [0.2, 0.25) is 10.0 Å². The Kier molecular flexibility index (Phi) is 4.75. The van der Waals surface area contributed by atoms with E-state index in [-0.39, 0.29) is 16.5 Å². The molecule has 1 aromatic rings. The van der Waals surface area contributed by atoms with E-state index in [2.05, 4.69) is 16.6 Å². The molecule has 5 nitrogen and oxygen atoms in total. The monoisotopic (exact) mass is 288 g/mol. The molecule has 0 saturated carbocycles. The van der Waals surface area contributed by atoms with Gasteiger partial charge < -0.3 is 5.32 Å². The Morgan fingerprint density at radius 3 is 2.67 bits per heavy atom. The van der Waals surface area contributed by atoms with Crippen LogP contribution in [0.25, 0.3) is 0 Å². The van der Waals surface area contributed by atoms with Crippen LogP contribution in [-0.4, -0.2) is 27.1 Å². The van der Waals surface area contributed by atoms with Crippen LogP contribution in [0.15, 0.2) is 30.9 Å². The van der Waals surface area contributed by atoms with Gasteiger partial charge in [-0.05, 0) is 18.2 Å². The highest BCUT2D eigenvalue weighted by Crippen LogP contribution is 2.21. The van der Waals surface area contributed by atoms with Gasteiger partial charge in [0.15, 0.2) is 0 Å². The van der Waals surface area contributed by atoms with Crippen LogP contribution in [0.2, 0.25) is 5.02 Å². The summed E-state index contributed by atoms with van der Waals surface area (Å²) in [5.41, 5.74) is 0.584. The molecule has 0 aliphatic heterocycles. The van der Waals surface area contributed by atoms with Gasteiger partial charge in [-0.1, -0.05) is 17.7 Å². The van der Waals surface area contributed by atoms with Crippen molar-refractivity contribution in [3.8, 4) is 0 Å². The lowest BCUT2D eigenvalue weighted by molar-refractivity contribution is 0.0958. The van der Waals surface area contributed by atoms with E-state index in [9.17, 15) is 13.2 Å². The molecule has 18 heavy (non-hydrogen) atoms. The summed E-state index contributed by atoms with van der Waals surface area (Å²) >= 11 is 5.91. The average Bonchev–Trinajstić information content (AvgIpc) is 2.23. The minimum Gasteiger partial charge on any atom is -0.349 e. The average molecular weight is 289 g/mol. The van der Waals surface area contributed by atoms with Crippen LogP contribution in [0.5, 0.6) is 0 Å². The smallest absolute Gasteiger partial charge is 0.253 e. The molecule has 0 unspecified atom stereocenters. The van der Waals surface area contributed by atoms with E-state index in [4.69, 9.17) is 11.6 Å². The third-order valence-corrected chi connectivity index (χ3v) is 2.84. The van der Waals surface area contributed by atoms with E-state index in [1.807, 2.05) is 0 Å². The fourth-order valence-corrected chi connectivity index (χ4v) is 2.06. The Hall–Kier alpha value is -1.53. The predicted octanol–water partition coefficient (Wildman–Crippen LogP) is 1.63. The van der Waals surface area contributed by atoms with Gasteiger partial charge in [0.25, 0.3) is 5.91 Å². The molecule has 0 aliphatic carbocycles. The number of carbonyl (C=O) groups excluding carboxylic acids is 1. The maximum absolute atomic E-state index is 11.6. The number of hydrogen-bond acceptors (Lipinski definition) is 3. The van der Waals surface area contributed by atoms with E-state index >= 15 is 0 Å². The molecule has 0 bridgehead atoms. The number of rotatable bonds is 5. The van der Waals surface area contributed by atoms with E-state index in [0.29, 0.717) is 12.2 Å². The highest BCUT2D eigenvalue weighted by Gasteiger charge is 2.11. The standard InChI is InChI=1S/C11H13ClN2O3S/c1-3-6-13-11(15)9-5-4-8(7-10(9)12)14-18(2,16)17/h3-5,7,14H,1,6H2,2H3,(H,13,15). The normalized spacial score (nSPS) is 10.8. The summed E-state index contributed by atoms with van der Waals surface area (Å²) in [5.74, 6) is -0.342. The first-order chi connectivity index (χ1) is 8.33. The maximum atomic E-state index is 11.6. The van der Waals surface area contributed by atoms with E-state index in [1.54, 1.807) is 6.08 Å². The molecule has 0 aliphatic rings. The van der Waals surface area contributed by atoms with Crippen LogP contribution < -0.4 is 10.0 Å². The summed E-state index contributed by atoms with van der Waals surface area (Å²) in [6, 6.07) is 4.30. The number of carbonyl (C=O) groups is 1. The molecule has 0 spiro atoms. The number of nitrogens with one attached hydrogen (secondary N) is 2. The van der Waals surface area contributed by atoms with Crippen molar-refractivity contribution in [3.05, 3.63) is 41.4 Å². The highest BCUT2D eigenvalue weighted by molar-refractivity contribution is 7.92. The lowest BCUT2D eigenvalue weighted by Crippen LogP contribution is -2.23. The van der Waals surface area contributed by atoms with Crippen molar-refractivity contribution < 1.29 is 13.2 Å². The first-order valence-electron chi connectivity index (χ1n) is 5.00. The van der Waals surface area contributed by atoms with Crippen LogP contribution in [0, 0.1) is 0 Å². The van der Waals surface area contributed by atoms with E-state index in [1.165, 1.54) is 18.2 Å². The number of amides is 1. The van der Waals surface area contributed by atoms with E-state index < -0.39 is 10.0 Å². The van der Waals surface area contributed by atoms with Crippen LogP contribution >= 0.6 is 11.6 Å². The second-order valence-electron chi connectivity index (χ2n) is 3.57. The largest absolute Gasteiger partial charge is 0.349 e. The highest BCUT2D eigenvalue weighted by atomic mass is 35.5. The Labute approximate surface area is 111 Å². The molecule has 1 rings (SSSR count). The van der Waals surface area contributed by atoms with Crippen molar-refractivity contribution in [1.82, 2.24) is 5.32 Å². The number of halogens is 1. The van der Waals surface area contributed by atoms with Crippen LogP contribution in [-0.2, 0) is 10.0 Å². The summed E-state index contributed by atoms with van der Waals surface area (Å²) in [6.45, 7) is 3.81. The molecule has 0 saturated heterocycles. The third-order valence-electron chi connectivity index (χ3n) is 1.92. The lowest BCUT2D eigenvalue weighted by Gasteiger charge is -2.08. The third kappa shape index (κ3) is 4.38. The van der Waals surface area contributed by atoms with E-state index in [0.717, 1.165) is 6.26 Å². The first kappa shape index (κ1) is 14.5. The van der Waals surface area contributed by atoms with Gasteiger partial charge in [-0.25, -0.2) is 8.42 Å². The molecule has 98 valence electrons. The summed E-state index contributed by atoms with van der Waals surface area (Å²) < 4.78 is 24.3. The van der Waals surface area contributed by atoms with Gasteiger partial charge in [0, 0.05) is 12.2 Å². The molecule has 2 N–H and O–H groups in total. The zero-order chi connectivity index (χ0) is 13.8. The molecule has 7 heteroatoms. The van der Waals surface area contributed by atoms with Crippen molar-refractivity contribution >= 4 is 33.2 Å². The first-order valence-corrected chi connectivity index (χ1v) is 7.27. The zero-order valence-electron chi connectivity index (χ0n) is 9.73. The summed E-state index contributed by atoms with van der Waals surface area (Å²) in [6.07, 6.45) is 2.58. The number of anilines is 1. The topological polar surface area (TPSA) is 75.3 Å². The Balaban J connectivity index is 2.92.